The van der Waals surface area contributed by atoms with Crippen molar-refractivity contribution in [2.24, 2.45) is 22.9 Å². The Kier molecular flexibility index (Phi) is 15.7. The maximum absolute atomic E-state index is 14.6. The standard InChI is InChI=1S/C55H61N3O9/c1-3-31-64-55-50(58(54(62)63-2)36-42-24-16-23-40-21-10-11-25-44(40)42)34-48(57-65-37-39-19-8-5-9-20-39)46-32-41(22-12-14-29-59)45(26-13-15-30-60)51(52(46)55)47-33-43(27-28-49(47)67-55)66-53(61)56-35-38-17-6-4-7-18-38/h3-11,16-21,23-25,27-28,32-33,41,45,50-52,59-60H,1,12-15,22,26,29-31,34-37H2,2H3,(H,56,61)/t41-,45+,50-,51+,52+,55+/m0/s1. The van der Waals surface area contributed by atoms with Crippen molar-refractivity contribution in [1.29, 1.82) is 0 Å². The summed E-state index contributed by atoms with van der Waals surface area (Å²) in [6, 6.07) is 38.2. The molecule has 1 fully saturated rings. The van der Waals surface area contributed by atoms with E-state index in [1.807, 2.05) is 97.1 Å². The van der Waals surface area contributed by atoms with Gasteiger partial charge in [-0.25, -0.2) is 9.59 Å². The van der Waals surface area contributed by atoms with E-state index in [1.54, 1.807) is 17.0 Å². The van der Waals surface area contributed by atoms with Gasteiger partial charge < -0.3 is 39.3 Å². The van der Waals surface area contributed by atoms with E-state index in [2.05, 4.69) is 36.2 Å². The number of nitrogens with zero attached hydrogens (tertiary/aromatic N) is 2. The molecular formula is C55H61N3O9. The van der Waals surface area contributed by atoms with E-state index in [0.29, 0.717) is 36.6 Å². The Morgan fingerprint density at radius 3 is 2.34 bits per heavy atom. The lowest BCUT2D eigenvalue weighted by molar-refractivity contribution is -0.256. The van der Waals surface area contributed by atoms with Crippen molar-refractivity contribution in [2.45, 2.75) is 82.4 Å². The number of ether oxygens (including phenoxy) is 4. The Labute approximate surface area is 392 Å². The van der Waals surface area contributed by atoms with Crippen LogP contribution in [0, 0.1) is 17.8 Å². The van der Waals surface area contributed by atoms with E-state index < -0.39 is 29.9 Å². The van der Waals surface area contributed by atoms with Crippen LogP contribution in [0.2, 0.25) is 0 Å². The van der Waals surface area contributed by atoms with Gasteiger partial charge in [0.05, 0.1) is 31.9 Å². The maximum Gasteiger partial charge on any atom is 0.412 e. The first-order valence-electron chi connectivity index (χ1n) is 23.4. The van der Waals surface area contributed by atoms with E-state index in [4.69, 9.17) is 28.9 Å². The summed E-state index contributed by atoms with van der Waals surface area (Å²) in [5.41, 5.74) is 5.17. The number of aliphatic hydroxyl groups is 2. The molecule has 5 aromatic carbocycles. The molecule has 12 nitrogen and oxygen atoms in total. The summed E-state index contributed by atoms with van der Waals surface area (Å²) in [6.45, 7) is 4.97. The molecule has 6 atom stereocenters. The lowest BCUT2D eigenvalue weighted by Crippen LogP contribution is -2.70. The Hall–Kier alpha value is -6.47. The van der Waals surface area contributed by atoms with E-state index >= 15 is 0 Å². The van der Waals surface area contributed by atoms with Gasteiger partial charge >= 0.3 is 12.2 Å². The second kappa shape index (κ2) is 22.3. The summed E-state index contributed by atoms with van der Waals surface area (Å²) in [5, 5.41) is 29.9. The third-order valence-corrected chi connectivity index (χ3v) is 13.4. The number of carbonyl (C=O) groups excluding carboxylic acids is 2. The number of amides is 2. The van der Waals surface area contributed by atoms with Crippen molar-refractivity contribution in [3.05, 3.63) is 168 Å². The molecule has 8 rings (SSSR count). The molecule has 0 radical (unpaired) electrons. The molecule has 0 saturated heterocycles. The Bertz CT molecular complexity index is 2530. The third-order valence-electron chi connectivity index (χ3n) is 13.4. The van der Waals surface area contributed by atoms with Crippen molar-refractivity contribution in [2.75, 3.05) is 26.9 Å². The quantitative estimate of drug-likeness (QED) is 0.0394. The molecule has 0 bridgehead atoms. The smallest absolute Gasteiger partial charge is 0.412 e. The van der Waals surface area contributed by atoms with Crippen molar-refractivity contribution >= 4 is 28.7 Å². The van der Waals surface area contributed by atoms with Gasteiger partial charge in [-0.15, -0.1) is 6.58 Å². The topological polar surface area (TPSA) is 148 Å². The second-order valence-corrected chi connectivity index (χ2v) is 17.5. The minimum absolute atomic E-state index is 0.00607. The third kappa shape index (κ3) is 10.6. The van der Waals surface area contributed by atoms with Crippen LogP contribution in [0.4, 0.5) is 9.59 Å². The van der Waals surface area contributed by atoms with Crippen LogP contribution in [-0.2, 0) is 34.0 Å². The number of nitrogens with one attached hydrogen (secondary N) is 1. The summed E-state index contributed by atoms with van der Waals surface area (Å²) in [6.07, 6.45) is 7.33. The highest BCUT2D eigenvalue weighted by molar-refractivity contribution is 6.03. The Morgan fingerprint density at radius 2 is 1.60 bits per heavy atom. The first-order chi connectivity index (χ1) is 32.9. The van der Waals surface area contributed by atoms with Gasteiger partial charge in [0, 0.05) is 37.7 Å². The lowest BCUT2D eigenvalue weighted by Gasteiger charge is -2.59. The second-order valence-electron chi connectivity index (χ2n) is 17.5. The molecule has 1 saturated carbocycles. The molecule has 3 aliphatic rings. The molecule has 5 aromatic rings. The zero-order valence-corrected chi connectivity index (χ0v) is 38.1. The summed E-state index contributed by atoms with van der Waals surface area (Å²) in [5.74, 6) is -1.58. The van der Waals surface area contributed by atoms with Crippen LogP contribution in [0.15, 0.2) is 151 Å². The van der Waals surface area contributed by atoms with Gasteiger partial charge in [-0.3, -0.25) is 4.90 Å². The van der Waals surface area contributed by atoms with Crippen LogP contribution in [0.3, 0.4) is 0 Å². The molecule has 1 heterocycles. The number of benzene rings is 5. The van der Waals surface area contributed by atoms with Gasteiger partial charge in [0.25, 0.3) is 0 Å². The van der Waals surface area contributed by atoms with Crippen LogP contribution < -0.4 is 14.8 Å². The molecule has 0 aromatic heterocycles. The zero-order chi connectivity index (χ0) is 46.6. The van der Waals surface area contributed by atoms with E-state index in [9.17, 15) is 19.8 Å². The minimum Gasteiger partial charge on any atom is -0.459 e. The van der Waals surface area contributed by atoms with Gasteiger partial charge in [-0.05, 0) is 88.8 Å². The fourth-order valence-electron chi connectivity index (χ4n) is 10.4. The largest absolute Gasteiger partial charge is 0.459 e. The number of fused-ring (bicyclic) bond motifs is 3. The van der Waals surface area contributed by atoms with E-state index in [-0.39, 0.29) is 57.1 Å². The predicted molar refractivity (Wildman–Crippen MR) is 257 cm³/mol. The van der Waals surface area contributed by atoms with Crippen molar-refractivity contribution in [1.82, 2.24) is 10.2 Å². The van der Waals surface area contributed by atoms with Crippen LogP contribution in [0.1, 0.15) is 73.1 Å². The Morgan fingerprint density at radius 1 is 0.881 bits per heavy atom. The molecule has 2 aliphatic carbocycles. The number of carbonyl (C=O) groups is 2. The molecule has 350 valence electrons. The molecule has 0 unspecified atom stereocenters. The predicted octanol–water partition coefficient (Wildman–Crippen LogP) is 10.2. The van der Waals surface area contributed by atoms with Crippen molar-refractivity contribution in [3.63, 3.8) is 0 Å². The highest BCUT2D eigenvalue weighted by Crippen LogP contribution is 2.62. The molecule has 12 heteroatoms. The fourth-order valence-corrected chi connectivity index (χ4v) is 10.4. The first kappa shape index (κ1) is 47.0. The number of unbranched alkanes of at least 4 members (excludes halogenated alkanes) is 2. The number of hydrogen-bond acceptors (Lipinski definition) is 10. The summed E-state index contributed by atoms with van der Waals surface area (Å²) in [4.78, 5) is 35.9. The monoisotopic (exact) mass is 907 g/mol. The minimum atomic E-state index is -1.52. The van der Waals surface area contributed by atoms with Crippen LogP contribution >= 0.6 is 0 Å². The summed E-state index contributed by atoms with van der Waals surface area (Å²) >= 11 is 0. The van der Waals surface area contributed by atoms with Gasteiger partial charge in [0.2, 0.25) is 5.79 Å². The highest BCUT2D eigenvalue weighted by Gasteiger charge is 2.65. The fraction of sp³-hybridized carbons (Fsp3) is 0.364. The molecule has 0 spiro atoms. The van der Waals surface area contributed by atoms with Gasteiger partial charge in [-0.1, -0.05) is 133 Å². The first-order valence-corrected chi connectivity index (χ1v) is 23.4. The number of methoxy groups -OCH3 is 1. The zero-order valence-electron chi connectivity index (χ0n) is 38.1. The molecule has 67 heavy (non-hydrogen) atoms. The number of allylic oxidation sites excluding steroid dienone is 1. The van der Waals surface area contributed by atoms with Gasteiger partial charge in [0.15, 0.2) is 0 Å². The molecular weight excluding hydrogens is 847 g/mol. The van der Waals surface area contributed by atoms with Crippen LogP contribution in [0.5, 0.6) is 11.5 Å². The summed E-state index contributed by atoms with van der Waals surface area (Å²) in [7, 11) is 1.38. The normalized spacial score (nSPS) is 22.1. The SMILES string of the molecule is C=CCO[C@@]12Oc3ccc(OC(=O)NCc4ccccc4)cc3[C@H]3[C@H](CCCCO)[C@@H](CCCCO)C=C(C(=NOCc4ccccc4)C[C@@H]1N(Cc1cccc4ccccc14)C(=O)OC)[C@H]32. The van der Waals surface area contributed by atoms with Crippen molar-refractivity contribution < 1.29 is 43.6 Å². The molecule has 1 aliphatic heterocycles. The summed E-state index contributed by atoms with van der Waals surface area (Å²) < 4.78 is 26.2. The Balaban J connectivity index is 1.30. The number of aliphatic hydroxyl groups excluding tert-OH is 2. The number of hydrogen-bond donors (Lipinski definition) is 3. The highest BCUT2D eigenvalue weighted by atomic mass is 16.7. The number of rotatable bonds is 20. The molecule has 3 N–H and O–H groups in total. The van der Waals surface area contributed by atoms with Gasteiger partial charge in [0.1, 0.15) is 24.1 Å². The number of oxime groups is 1. The average molecular weight is 908 g/mol. The lowest BCUT2D eigenvalue weighted by atomic mass is 9.55. The van der Waals surface area contributed by atoms with E-state index in [0.717, 1.165) is 64.3 Å². The van der Waals surface area contributed by atoms with Crippen LogP contribution in [0.25, 0.3) is 10.8 Å². The van der Waals surface area contributed by atoms with Crippen LogP contribution in [-0.4, -0.2) is 71.8 Å². The molecule has 2 amide bonds. The maximum atomic E-state index is 14.6. The van der Waals surface area contributed by atoms with E-state index in [1.165, 1.54) is 7.11 Å². The van der Waals surface area contributed by atoms with Gasteiger partial charge in [-0.2, -0.15) is 0 Å². The van der Waals surface area contributed by atoms with Crippen molar-refractivity contribution in [3.8, 4) is 11.5 Å². The average Bonchev–Trinajstić information content (AvgIpc) is 3.36.